The van der Waals surface area contributed by atoms with Crippen LogP contribution in [-0.4, -0.2) is 0 Å². The van der Waals surface area contributed by atoms with Crippen LogP contribution in [0.1, 0.15) is 25.0 Å². The van der Waals surface area contributed by atoms with Crippen molar-refractivity contribution in [2.24, 2.45) is 0 Å². The lowest BCUT2D eigenvalue weighted by molar-refractivity contribution is 0.665. The number of hydrogen-bond donors (Lipinski definition) is 0. The molecule has 8 aromatic carbocycles. The maximum atomic E-state index is 6.47. The molecule has 0 radical (unpaired) electrons. The minimum Gasteiger partial charge on any atom is -0.455 e. The normalized spacial score (nSPS) is 13.6. The van der Waals surface area contributed by atoms with Gasteiger partial charge in [0.1, 0.15) is 11.2 Å². The van der Waals surface area contributed by atoms with Crippen LogP contribution in [0.25, 0.3) is 87.6 Å². The molecule has 1 heteroatoms. The van der Waals surface area contributed by atoms with E-state index in [0.717, 1.165) is 11.2 Å². The number of rotatable bonds is 2. The molecule has 1 aromatic heterocycles. The molecule has 0 unspecified atom stereocenters. The van der Waals surface area contributed by atoms with Gasteiger partial charge in [0.15, 0.2) is 0 Å². The molecule has 0 fully saturated rings. The van der Waals surface area contributed by atoms with Gasteiger partial charge in [-0.15, -0.1) is 0 Å². The molecule has 1 aliphatic rings. The van der Waals surface area contributed by atoms with E-state index in [4.69, 9.17) is 4.42 Å². The summed E-state index contributed by atoms with van der Waals surface area (Å²) in [6.07, 6.45) is 0. The highest BCUT2D eigenvalue weighted by Gasteiger charge is 2.37. The maximum absolute atomic E-state index is 6.47. The highest BCUT2D eigenvalue weighted by molar-refractivity contribution is 6.22. The van der Waals surface area contributed by atoms with E-state index in [-0.39, 0.29) is 5.41 Å². The van der Waals surface area contributed by atoms with Crippen LogP contribution in [0.15, 0.2) is 150 Å². The zero-order chi connectivity index (χ0) is 30.6. The number of benzene rings is 8. The average molecular weight is 587 g/mol. The van der Waals surface area contributed by atoms with Crippen LogP contribution in [0.2, 0.25) is 0 Å². The monoisotopic (exact) mass is 586 g/mol. The number of fused-ring (bicyclic) bond motifs is 11. The second-order valence-corrected chi connectivity index (χ2v) is 13.2. The van der Waals surface area contributed by atoms with Crippen molar-refractivity contribution >= 4 is 54.3 Å². The van der Waals surface area contributed by atoms with E-state index in [2.05, 4.69) is 153 Å². The molecule has 0 bridgehead atoms. The summed E-state index contributed by atoms with van der Waals surface area (Å²) in [5.74, 6) is 0. The Hall–Kier alpha value is -5.66. The van der Waals surface area contributed by atoms with Crippen molar-refractivity contribution in [3.8, 4) is 33.4 Å². The highest BCUT2D eigenvalue weighted by Crippen LogP contribution is 2.54. The maximum Gasteiger partial charge on any atom is 0.143 e. The molecule has 0 saturated heterocycles. The summed E-state index contributed by atoms with van der Waals surface area (Å²) in [7, 11) is 0. The zero-order valence-corrected chi connectivity index (χ0v) is 25.8. The second-order valence-electron chi connectivity index (χ2n) is 13.2. The van der Waals surface area contributed by atoms with Gasteiger partial charge in [0.25, 0.3) is 0 Å². The van der Waals surface area contributed by atoms with Crippen LogP contribution in [0.5, 0.6) is 0 Å². The van der Waals surface area contributed by atoms with Gasteiger partial charge in [0.2, 0.25) is 0 Å². The predicted molar refractivity (Wildman–Crippen MR) is 195 cm³/mol. The number of para-hydroxylation sites is 1. The fraction of sp³-hybridized carbons (Fsp3) is 0.0667. The molecule has 1 nitrogen and oxygen atoms in total. The second kappa shape index (κ2) is 9.19. The summed E-state index contributed by atoms with van der Waals surface area (Å²) >= 11 is 0. The Labute approximate surface area is 267 Å². The molecule has 9 aromatic rings. The van der Waals surface area contributed by atoms with Crippen LogP contribution in [0.4, 0.5) is 0 Å². The molecule has 1 heterocycles. The van der Waals surface area contributed by atoms with E-state index in [0.29, 0.717) is 0 Å². The van der Waals surface area contributed by atoms with Crippen molar-refractivity contribution in [3.05, 3.63) is 157 Å². The van der Waals surface area contributed by atoms with Gasteiger partial charge in [-0.2, -0.15) is 0 Å². The third kappa shape index (κ3) is 3.35. The summed E-state index contributed by atoms with van der Waals surface area (Å²) in [6, 6.07) is 53.3. The molecular formula is C45H30O. The Morgan fingerprint density at radius 2 is 0.957 bits per heavy atom. The lowest BCUT2D eigenvalue weighted by Crippen LogP contribution is -2.15. The van der Waals surface area contributed by atoms with Gasteiger partial charge >= 0.3 is 0 Å². The number of furan rings is 1. The number of hydrogen-bond acceptors (Lipinski definition) is 1. The van der Waals surface area contributed by atoms with E-state index >= 15 is 0 Å². The largest absolute Gasteiger partial charge is 0.455 e. The first-order valence-corrected chi connectivity index (χ1v) is 16.1. The van der Waals surface area contributed by atoms with E-state index in [9.17, 15) is 0 Å². The van der Waals surface area contributed by atoms with Gasteiger partial charge in [-0.3, -0.25) is 0 Å². The van der Waals surface area contributed by atoms with Crippen LogP contribution in [-0.2, 0) is 5.41 Å². The SMILES string of the molecule is CC1(C)c2ccc(-c3c4ccccc4c(-c4ccccc4)c4ccccc34)cc2-c2ccc3c(ccc4c5ccccc5oc34)c21. The molecule has 0 N–H and O–H groups in total. The van der Waals surface area contributed by atoms with Crippen LogP contribution >= 0.6 is 0 Å². The Bertz CT molecular complexity index is 2650. The van der Waals surface area contributed by atoms with Gasteiger partial charge < -0.3 is 4.42 Å². The highest BCUT2D eigenvalue weighted by atomic mass is 16.3. The average Bonchev–Trinajstić information content (AvgIpc) is 3.59. The molecule has 10 rings (SSSR count). The fourth-order valence-corrected chi connectivity index (χ4v) is 8.44. The van der Waals surface area contributed by atoms with Crippen molar-refractivity contribution in [1.29, 1.82) is 0 Å². The van der Waals surface area contributed by atoms with Crippen molar-refractivity contribution in [2.75, 3.05) is 0 Å². The first-order valence-electron chi connectivity index (χ1n) is 16.1. The van der Waals surface area contributed by atoms with Gasteiger partial charge in [0.05, 0.1) is 0 Å². The smallest absolute Gasteiger partial charge is 0.143 e. The van der Waals surface area contributed by atoms with Gasteiger partial charge in [-0.1, -0.05) is 135 Å². The third-order valence-electron chi connectivity index (χ3n) is 10.4. The predicted octanol–water partition coefficient (Wildman–Crippen LogP) is 12.7. The molecule has 216 valence electrons. The summed E-state index contributed by atoms with van der Waals surface area (Å²) in [4.78, 5) is 0. The minimum atomic E-state index is -0.149. The molecular weight excluding hydrogens is 556 g/mol. The molecule has 0 saturated carbocycles. The van der Waals surface area contributed by atoms with E-state index in [1.54, 1.807) is 0 Å². The summed E-state index contributed by atoms with van der Waals surface area (Å²) < 4.78 is 6.47. The summed E-state index contributed by atoms with van der Waals surface area (Å²) in [5.41, 5.74) is 12.3. The molecule has 0 spiro atoms. The zero-order valence-electron chi connectivity index (χ0n) is 25.8. The van der Waals surface area contributed by atoms with Crippen LogP contribution in [0, 0.1) is 0 Å². The van der Waals surface area contributed by atoms with Crippen LogP contribution in [0.3, 0.4) is 0 Å². The lowest BCUT2D eigenvalue weighted by atomic mass is 9.79. The van der Waals surface area contributed by atoms with E-state index in [1.165, 1.54) is 87.6 Å². The standard InChI is InChI=1S/C45H30O/c1-45(2)39-25-20-28(42-32-17-8-6-15-30(32)41(27-12-4-3-5-13-27)31-16-7-9-18-33(31)42)26-38(39)35-22-24-37-34(43(35)45)21-23-36-29-14-10-11-19-40(29)46-44(36)37/h3-26H,1-2H3. The first-order chi connectivity index (χ1) is 22.6. The van der Waals surface area contributed by atoms with Crippen molar-refractivity contribution in [1.82, 2.24) is 0 Å². The van der Waals surface area contributed by atoms with E-state index < -0.39 is 0 Å². The molecule has 0 amide bonds. The van der Waals surface area contributed by atoms with E-state index in [1.807, 2.05) is 6.07 Å². The van der Waals surface area contributed by atoms with Crippen LogP contribution < -0.4 is 0 Å². The molecule has 0 atom stereocenters. The Morgan fingerprint density at radius 1 is 0.413 bits per heavy atom. The Morgan fingerprint density at radius 3 is 1.65 bits per heavy atom. The first kappa shape index (κ1) is 25.6. The molecule has 1 aliphatic carbocycles. The van der Waals surface area contributed by atoms with Crippen molar-refractivity contribution < 1.29 is 4.42 Å². The summed E-state index contributed by atoms with van der Waals surface area (Å²) in [6.45, 7) is 4.75. The van der Waals surface area contributed by atoms with Gasteiger partial charge in [-0.05, 0) is 95.7 Å². The molecule has 46 heavy (non-hydrogen) atoms. The third-order valence-corrected chi connectivity index (χ3v) is 10.4. The summed E-state index contributed by atoms with van der Waals surface area (Å²) in [5, 5.41) is 9.93. The quantitative estimate of drug-likeness (QED) is 0.184. The Balaban J connectivity index is 1.24. The minimum absolute atomic E-state index is 0.149. The molecule has 0 aliphatic heterocycles. The topological polar surface area (TPSA) is 13.1 Å². The van der Waals surface area contributed by atoms with Crippen molar-refractivity contribution in [2.45, 2.75) is 19.3 Å². The van der Waals surface area contributed by atoms with Gasteiger partial charge in [-0.25, -0.2) is 0 Å². The van der Waals surface area contributed by atoms with Crippen molar-refractivity contribution in [3.63, 3.8) is 0 Å². The fourth-order valence-electron chi connectivity index (χ4n) is 8.44. The lowest BCUT2D eigenvalue weighted by Gasteiger charge is -2.23. The van der Waals surface area contributed by atoms with Gasteiger partial charge in [0, 0.05) is 21.6 Å². The Kier molecular flexibility index (Phi) is 5.12.